The lowest BCUT2D eigenvalue weighted by atomic mass is 9.97. The summed E-state index contributed by atoms with van der Waals surface area (Å²) in [4.78, 5) is 44.6. The monoisotopic (exact) mass is 478 g/mol. The molecule has 1 heterocycles. The summed E-state index contributed by atoms with van der Waals surface area (Å²) in [7, 11) is 1.02. The summed E-state index contributed by atoms with van der Waals surface area (Å²) >= 11 is 16.5. The molecule has 1 aliphatic rings. The van der Waals surface area contributed by atoms with Crippen molar-refractivity contribution in [2.75, 3.05) is 7.11 Å². The molecule has 1 fully saturated rings. The summed E-state index contributed by atoms with van der Waals surface area (Å²) in [6.07, 6.45) is -8.30. The number of carbonyl (C=O) groups is 4. The topological polar surface area (TPSA) is 136 Å². The standard InChI is InChI=1S/C15H18Cl3NO10/c1-5(20)25-8-9(26-6(2)21)11(27-7(3)22)15(28-10(8)14(23)24-4)29-13(19-18)12(16)17/h8-12,15H,1-4H3/t8-,9-,10-,11+,15?/m0/s1/i12D. The van der Waals surface area contributed by atoms with Crippen molar-refractivity contribution in [1.29, 1.82) is 0 Å². The van der Waals surface area contributed by atoms with Gasteiger partial charge in [-0.2, -0.15) is 0 Å². The summed E-state index contributed by atoms with van der Waals surface area (Å²) in [5, 5.41) is 0. The summed E-state index contributed by atoms with van der Waals surface area (Å²) in [5.41, 5.74) is 0. The number of carbonyl (C=O) groups excluding carboxylic acids is 4. The summed E-state index contributed by atoms with van der Waals surface area (Å²) in [5.74, 6) is -4.50. The highest BCUT2D eigenvalue weighted by molar-refractivity contribution is 6.54. The molecule has 0 radical (unpaired) electrons. The maximum atomic E-state index is 12.2. The average Bonchev–Trinajstić information content (AvgIpc) is 2.60. The van der Waals surface area contributed by atoms with Crippen LogP contribution < -0.4 is 0 Å². The van der Waals surface area contributed by atoms with E-state index in [1.807, 2.05) is 0 Å². The molecule has 0 aliphatic carbocycles. The van der Waals surface area contributed by atoms with Crippen LogP contribution in [0.15, 0.2) is 4.51 Å². The first-order valence-electron chi connectivity index (χ1n) is 8.30. The maximum Gasteiger partial charge on any atom is 0.339 e. The highest BCUT2D eigenvalue weighted by Gasteiger charge is 2.56. The first kappa shape index (κ1) is 23.5. The second kappa shape index (κ2) is 11.4. The van der Waals surface area contributed by atoms with E-state index in [1.165, 1.54) is 0 Å². The van der Waals surface area contributed by atoms with Gasteiger partial charge in [0.1, 0.15) is 0 Å². The van der Waals surface area contributed by atoms with Gasteiger partial charge in [0.05, 0.1) is 8.48 Å². The molecule has 1 saturated heterocycles. The quantitative estimate of drug-likeness (QED) is 0.179. The third kappa shape index (κ3) is 7.18. The Morgan fingerprint density at radius 2 is 1.41 bits per heavy atom. The lowest BCUT2D eigenvalue weighted by Gasteiger charge is -2.43. The fourth-order valence-electron chi connectivity index (χ4n) is 2.38. The van der Waals surface area contributed by atoms with Crippen LogP contribution in [0.3, 0.4) is 0 Å². The molecular formula is C15H18Cl3NO10. The molecule has 0 N–H and O–H groups in total. The van der Waals surface area contributed by atoms with Crippen molar-refractivity contribution in [3.63, 3.8) is 0 Å². The van der Waals surface area contributed by atoms with Crippen molar-refractivity contribution >= 4 is 64.8 Å². The molecule has 1 aliphatic heterocycles. The molecule has 0 spiro atoms. The Bertz CT molecular complexity index is 713. The predicted octanol–water partition coefficient (Wildman–Crippen LogP) is 1.05. The van der Waals surface area contributed by atoms with Crippen molar-refractivity contribution in [2.24, 2.45) is 4.51 Å². The molecule has 1 unspecified atom stereocenters. The van der Waals surface area contributed by atoms with Crippen LogP contribution >= 0.6 is 35.0 Å². The number of nitrogens with zero attached hydrogens (tertiary/aromatic N) is 1. The SMILES string of the molecule is [2H]C(Cl)(Cl)C(=NCl)OC1O[C@H](C(=O)OC)[C@@H](OC(C)=O)[C@H](OC(C)=O)[C@H]1OC(C)=O. The summed E-state index contributed by atoms with van der Waals surface area (Å²) < 4.78 is 41.2. The number of halogens is 3. The Labute approximate surface area is 181 Å². The van der Waals surface area contributed by atoms with Crippen LogP contribution in [0.4, 0.5) is 0 Å². The first-order chi connectivity index (χ1) is 13.8. The van der Waals surface area contributed by atoms with E-state index >= 15 is 0 Å². The smallest absolute Gasteiger partial charge is 0.339 e. The highest BCUT2D eigenvalue weighted by atomic mass is 35.5. The predicted molar refractivity (Wildman–Crippen MR) is 97.2 cm³/mol. The molecule has 0 saturated carbocycles. The minimum Gasteiger partial charge on any atom is -0.467 e. The number of esters is 4. The lowest BCUT2D eigenvalue weighted by Crippen LogP contribution is -2.64. The second-order valence-electron chi connectivity index (χ2n) is 5.44. The fraction of sp³-hybridized carbons (Fsp3) is 0.667. The zero-order valence-corrected chi connectivity index (χ0v) is 17.8. The van der Waals surface area contributed by atoms with Gasteiger partial charge in [-0.25, -0.2) is 4.79 Å². The Morgan fingerprint density at radius 3 is 1.83 bits per heavy atom. The van der Waals surface area contributed by atoms with Gasteiger partial charge in [-0.15, -0.1) is 4.51 Å². The number of ether oxygens (including phenoxy) is 6. The van der Waals surface area contributed by atoms with E-state index in [9.17, 15) is 19.2 Å². The third-order valence-electron chi connectivity index (χ3n) is 3.30. The van der Waals surface area contributed by atoms with Gasteiger partial charge < -0.3 is 28.4 Å². The van der Waals surface area contributed by atoms with Gasteiger partial charge in [-0.3, -0.25) is 14.4 Å². The van der Waals surface area contributed by atoms with Crippen molar-refractivity contribution in [3.8, 4) is 0 Å². The molecule has 0 aromatic heterocycles. The second-order valence-corrected chi connectivity index (χ2v) is 6.56. The van der Waals surface area contributed by atoms with Gasteiger partial charge in [0.2, 0.25) is 18.3 Å². The fourth-order valence-corrected chi connectivity index (χ4v) is 2.77. The van der Waals surface area contributed by atoms with E-state index in [2.05, 4.69) is 9.25 Å². The molecule has 0 aromatic carbocycles. The molecule has 1 rings (SSSR count). The third-order valence-corrected chi connectivity index (χ3v) is 3.78. The molecule has 11 nitrogen and oxygen atoms in total. The normalized spacial score (nSPS) is 27.9. The van der Waals surface area contributed by atoms with Gasteiger partial charge >= 0.3 is 23.9 Å². The molecule has 0 amide bonds. The van der Waals surface area contributed by atoms with Gasteiger partial charge in [0, 0.05) is 32.5 Å². The van der Waals surface area contributed by atoms with Gasteiger partial charge in [-0.05, 0) is 0 Å². The van der Waals surface area contributed by atoms with Gasteiger partial charge in [-0.1, -0.05) is 23.2 Å². The molecule has 164 valence electrons. The van der Waals surface area contributed by atoms with E-state index in [0.29, 0.717) is 0 Å². The van der Waals surface area contributed by atoms with Crippen molar-refractivity contribution in [2.45, 2.75) is 56.3 Å². The average molecular weight is 480 g/mol. The number of alkyl halides is 2. The minimum atomic E-state index is -2.50. The number of hydrogen-bond donors (Lipinski definition) is 0. The van der Waals surface area contributed by atoms with E-state index in [4.69, 9.17) is 60.0 Å². The molecule has 0 bridgehead atoms. The summed E-state index contributed by atoms with van der Waals surface area (Å²) in [6.45, 7) is 3.06. The number of rotatable bonds is 6. The van der Waals surface area contributed by atoms with Crippen LogP contribution in [0, 0.1) is 0 Å². The minimum absolute atomic E-state index is 0.814. The Balaban J connectivity index is 3.50. The van der Waals surface area contributed by atoms with Crippen molar-refractivity contribution < 1.29 is 49.0 Å². The largest absolute Gasteiger partial charge is 0.467 e. The summed E-state index contributed by atoms with van der Waals surface area (Å²) in [6, 6.07) is 0. The Morgan fingerprint density at radius 1 is 0.931 bits per heavy atom. The van der Waals surface area contributed by atoms with E-state index < -0.39 is 65.3 Å². The van der Waals surface area contributed by atoms with Crippen molar-refractivity contribution in [3.05, 3.63) is 0 Å². The van der Waals surface area contributed by atoms with Crippen LogP contribution in [0.25, 0.3) is 0 Å². The first-order valence-corrected chi connectivity index (χ1v) is 8.90. The van der Waals surface area contributed by atoms with Crippen molar-refractivity contribution in [1.82, 2.24) is 0 Å². The van der Waals surface area contributed by atoms with Gasteiger partial charge in [0.15, 0.2) is 23.1 Å². The van der Waals surface area contributed by atoms with Crippen LogP contribution in [-0.2, 0) is 47.6 Å². The van der Waals surface area contributed by atoms with Crippen LogP contribution in [0.1, 0.15) is 22.1 Å². The van der Waals surface area contributed by atoms with Crippen LogP contribution in [0.5, 0.6) is 0 Å². The molecule has 29 heavy (non-hydrogen) atoms. The molecule has 0 aromatic rings. The zero-order valence-electron chi connectivity index (χ0n) is 16.6. The van der Waals surface area contributed by atoms with E-state index in [-0.39, 0.29) is 0 Å². The maximum absolute atomic E-state index is 12.2. The number of hydrogen-bond acceptors (Lipinski definition) is 11. The van der Waals surface area contributed by atoms with Crippen LogP contribution in [0.2, 0.25) is 0 Å². The molecule has 14 heteroatoms. The van der Waals surface area contributed by atoms with Crippen LogP contribution in [-0.4, -0.2) is 72.4 Å². The number of methoxy groups -OCH3 is 1. The highest BCUT2D eigenvalue weighted by Crippen LogP contribution is 2.31. The van der Waals surface area contributed by atoms with E-state index in [1.54, 1.807) is 0 Å². The molecule has 5 atom stereocenters. The lowest BCUT2D eigenvalue weighted by molar-refractivity contribution is -0.285. The van der Waals surface area contributed by atoms with Gasteiger partial charge in [0.25, 0.3) is 0 Å². The Hall–Kier alpha value is -1.82. The Kier molecular flexibility index (Phi) is 9.21. The molecular weight excluding hydrogens is 461 g/mol. The zero-order chi connectivity index (χ0) is 23.2. The van der Waals surface area contributed by atoms with E-state index in [0.717, 1.165) is 27.9 Å².